The van der Waals surface area contributed by atoms with Gasteiger partial charge in [0.25, 0.3) is 5.91 Å². The number of ether oxygens (including phenoxy) is 3. The Morgan fingerprint density at radius 3 is 2.79 bits per heavy atom. The van der Waals surface area contributed by atoms with E-state index in [4.69, 9.17) is 18.6 Å². The Morgan fingerprint density at radius 1 is 1.12 bits per heavy atom. The SMILES string of the molecule is COc1cc2c(cc1NC(=O)C1=COCCO1)oc1ccccc12. The number of amides is 1. The number of para-hydroxylation sites is 1. The second-order valence-corrected chi connectivity index (χ2v) is 5.30. The number of fused-ring (bicyclic) bond motifs is 3. The Labute approximate surface area is 137 Å². The van der Waals surface area contributed by atoms with Gasteiger partial charge in [0.15, 0.2) is 0 Å². The quantitative estimate of drug-likeness (QED) is 0.799. The average molecular weight is 325 g/mol. The Kier molecular flexibility index (Phi) is 3.49. The van der Waals surface area contributed by atoms with Crippen molar-refractivity contribution in [3.8, 4) is 5.75 Å². The van der Waals surface area contributed by atoms with Gasteiger partial charge in [-0.3, -0.25) is 4.79 Å². The molecule has 122 valence electrons. The molecule has 3 aromatic rings. The van der Waals surface area contributed by atoms with Crippen LogP contribution < -0.4 is 10.1 Å². The Balaban J connectivity index is 1.75. The van der Waals surface area contributed by atoms with Crippen LogP contribution in [0.1, 0.15) is 0 Å². The second kappa shape index (κ2) is 5.81. The van der Waals surface area contributed by atoms with Crippen LogP contribution in [0.15, 0.2) is 52.8 Å². The fourth-order valence-electron chi connectivity index (χ4n) is 2.69. The Hall–Kier alpha value is -3.15. The van der Waals surface area contributed by atoms with Crippen molar-refractivity contribution < 1.29 is 23.4 Å². The van der Waals surface area contributed by atoms with Gasteiger partial charge in [-0.1, -0.05) is 18.2 Å². The number of rotatable bonds is 3. The maximum Gasteiger partial charge on any atom is 0.294 e. The third-order valence-corrected chi connectivity index (χ3v) is 3.82. The van der Waals surface area contributed by atoms with E-state index in [1.54, 1.807) is 13.2 Å². The number of hydrogen-bond donors (Lipinski definition) is 1. The molecular weight excluding hydrogens is 310 g/mol. The lowest BCUT2D eigenvalue weighted by Crippen LogP contribution is -2.21. The van der Waals surface area contributed by atoms with Gasteiger partial charge in [0.1, 0.15) is 36.4 Å². The van der Waals surface area contributed by atoms with Gasteiger partial charge in [-0.15, -0.1) is 0 Å². The maximum atomic E-state index is 12.3. The predicted molar refractivity (Wildman–Crippen MR) is 88.9 cm³/mol. The van der Waals surface area contributed by atoms with Crippen molar-refractivity contribution in [1.29, 1.82) is 0 Å². The molecule has 0 bridgehead atoms. The molecule has 0 atom stereocenters. The lowest BCUT2D eigenvalue weighted by atomic mass is 10.1. The zero-order valence-corrected chi connectivity index (χ0v) is 13.0. The molecule has 6 nitrogen and oxygen atoms in total. The van der Waals surface area contributed by atoms with E-state index in [2.05, 4.69) is 5.32 Å². The molecule has 1 amide bonds. The molecule has 1 aliphatic rings. The van der Waals surface area contributed by atoms with Gasteiger partial charge in [0.2, 0.25) is 5.76 Å². The first-order chi connectivity index (χ1) is 11.8. The number of furan rings is 1. The first-order valence-corrected chi connectivity index (χ1v) is 7.51. The molecule has 6 heteroatoms. The molecule has 1 aliphatic heterocycles. The van der Waals surface area contributed by atoms with E-state index >= 15 is 0 Å². The average Bonchev–Trinajstić information content (AvgIpc) is 2.99. The summed E-state index contributed by atoms with van der Waals surface area (Å²) in [5, 5.41) is 4.69. The molecule has 0 spiro atoms. The Bertz CT molecular complexity index is 957. The summed E-state index contributed by atoms with van der Waals surface area (Å²) in [6.45, 7) is 0.782. The van der Waals surface area contributed by atoms with E-state index in [1.807, 2.05) is 30.3 Å². The molecule has 0 unspecified atom stereocenters. The molecule has 1 aromatic heterocycles. The molecule has 0 radical (unpaired) electrons. The summed E-state index contributed by atoms with van der Waals surface area (Å²) in [6, 6.07) is 11.3. The number of methoxy groups -OCH3 is 1. The maximum absolute atomic E-state index is 12.3. The minimum Gasteiger partial charge on any atom is -0.495 e. The third kappa shape index (κ3) is 2.42. The standard InChI is InChI=1S/C18H15NO5/c1-21-16-8-12-11-4-2-3-5-14(11)24-15(12)9-13(16)19-18(20)17-10-22-6-7-23-17/h2-5,8-10H,6-7H2,1H3,(H,19,20). The zero-order chi connectivity index (χ0) is 16.5. The summed E-state index contributed by atoms with van der Waals surface area (Å²) in [4.78, 5) is 12.3. The molecule has 2 aromatic carbocycles. The molecule has 0 saturated carbocycles. The normalized spacial score (nSPS) is 14.0. The van der Waals surface area contributed by atoms with Crippen LogP contribution in [0.2, 0.25) is 0 Å². The van der Waals surface area contributed by atoms with Gasteiger partial charge in [-0.05, 0) is 12.1 Å². The smallest absolute Gasteiger partial charge is 0.294 e. The minimum absolute atomic E-state index is 0.132. The lowest BCUT2D eigenvalue weighted by Gasteiger charge is -2.16. The highest BCUT2D eigenvalue weighted by Crippen LogP contribution is 2.36. The summed E-state index contributed by atoms with van der Waals surface area (Å²) >= 11 is 0. The summed E-state index contributed by atoms with van der Waals surface area (Å²) < 4.78 is 21.6. The number of hydrogen-bond acceptors (Lipinski definition) is 5. The number of anilines is 1. The first-order valence-electron chi connectivity index (χ1n) is 7.51. The molecule has 0 aliphatic carbocycles. The molecule has 2 heterocycles. The molecule has 0 fully saturated rings. The number of carbonyl (C=O) groups is 1. The van der Waals surface area contributed by atoms with E-state index in [9.17, 15) is 4.79 Å². The third-order valence-electron chi connectivity index (χ3n) is 3.82. The van der Waals surface area contributed by atoms with Crippen LogP contribution in [0.3, 0.4) is 0 Å². The topological polar surface area (TPSA) is 69.9 Å². The van der Waals surface area contributed by atoms with Gasteiger partial charge in [0.05, 0.1) is 12.8 Å². The highest BCUT2D eigenvalue weighted by molar-refractivity contribution is 6.09. The fraction of sp³-hybridized carbons (Fsp3) is 0.167. The fourth-order valence-corrected chi connectivity index (χ4v) is 2.69. The second-order valence-electron chi connectivity index (χ2n) is 5.30. The highest BCUT2D eigenvalue weighted by atomic mass is 16.6. The summed E-state index contributed by atoms with van der Waals surface area (Å²) in [5.74, 6) is 0.274. The van der Waals surface area contributed by atoms with Gasteiger partial charge in [0, 0.05) is 16.8 Å². The highest BCUT2D eigenvalue weighted by Gasteiger charge is 2.18. The van der Waals surface area contributed by atoms with E-state index < -0.39 is 5.91 Å². The summed E-state index contributed by atoms with van der Waals surface area (Å²) in [5.41, 5.74) is 1.95. The molecule has 4 rings (SSSR count). The van der Waals surface area contributed by atoms with Crippen LogP contribution in [0.25, 0.3) is 21.9 Å². The van der Waals surface area contributed by atoms with E-state index in [0.717, 1.165) is 16.4 Å². The first kappa shape index (κ1) is 14.4. The summed E-state index contributed by atoms with van der Waals surface area (Å²) in [6.07, 6.45) is 1.31. The van der Waals surface area contributed by atoms with E-state index in [0.29, 0.717) is 30.2 Å². The number of benzene rings is 2. The van der Waals surface area contributed by atoms with Gasteiger partial charge < -0.3 is 23.9 Å². The van der Waals surface area contributed by atoms with Crippen LogP contribution in [-0.4, -0.2) is 26.2 Å². The monoisotopic (exact) mass is 325 g/mol. The number of carbonyl (C=O) groups excluding carboxylic acids is 1. The zero-order valence-electron chi connectivity index (χ0n) is 13.0. The minimum atomic E-state index is -0.400. The van der Waals surface area contributed by atoms with Crippen molar-refractivity contribution >= 4 is 33.5 Å². The van der Waals surface area contributed by atoms with Crippen molar-refractivity contribution in [3.05, 3.63) is 48.4 Å². The van der Waals surface area contributed by atoms with Crippen LogP contribution in [-0.2, 0) is 14.3 Å². The van der Waals surface area contributed by atoms with E-state index in [-0.39, 0.29) is 5.76 Å². The Morgan fingerprint density at radius 2 is 2.00 bits per heavy atom. The predicted octanol–water partition coefficient (Wildman–Crippen LogP) is 3.42. The van der Waals surface area contributed by atoms with Crippen molar-refractivity contribution in [3.63, 3.8) is 0 Å². The van der Waals surface area contributed by atoms with E-state index in [1.165, 1.54) is 6.26 Å². The van der Waals surface area contributed by atoms with Crippen LogP contribution in [0.5, 0.6) is 5.75 Å². The summed E-state index contributed by atoms with van der Waals surface area (Å²) in [7, 11) is 1.55. The van der Waals surface area contributed by atoms with Crippen LogP contribution >= 0.6 is 0 Å². The van der Waals surface area contributed by atoms with Crippen molar-refractivity contribution in [2.75, 3.05) is 25.6 Å². The molecular formula is C18H15NO5. The molecule has 24 heavy (non-hydrogen) atoms. The van der Waals surface area contributed by atoms with Crippen molar-refractivity contribution in [1.82, 2.24) is 0 Å². The van der Waals surface area contributed by atoms with Crippen LogP contribution in [0, 0.1) is 0 Å². The van der Waals surface area contributed by atoms with Gasteiger partial charge >= 0.3 is 0 Å². The molecule has 1 N–H and O–H groups in total. The largest absolute Gasteiger partial charge is 0.495 e. The van der Waals surface area contributed by atoms with Gasteiger partial charge in [-0.2, -0.15) is 0 Å². The van der Waals surface area contributed by atoms with Gasteiger partial charge in [-0.25, -0.2) is 0 Å². The van der Waals surface area contributed by atoms with Crippen molar-refractivity contribution in [2.24, 2.45) is 0 Å². The van der Waals surface area contributed by atoms with Crippen LogP contribution in [0.4, 0.5) is 5.69 Å². The lowest BCUT2D eigenvalue weighted by molar-refractivity contribution is -0.117. The molecule has 0 saturated heterocycles. The van der Waals surface area contributed by atoms with Crippen molar-refractivity contribution in [2.45, 2.75) is 0 Å². The number of nitrogens with one attached hydrogen (secondary N) is 1.